The van der Waals surface area contributed by atoms with Crippen LogP contribution in [0.5, 0.6) is 0 Å². The van der Waals surface area contributed by atoms with Crippen molar-refractivity contribution in [3.63, 3.8) is 0 Å². The van der Waals surface area contributed by atoms with E-state index in [0.717, 1.165) is 19.3 Å². The van der Waals surface area contributed by atoms with Gasteiger partial charge in [-0.3, -0.25) is 4.79 Å². The number of likely N-dealkylation sites (tertiary alicyclic amines) is 1. The van der Waals surface area contributed by atoms with Crippen molar-refractivity contribution in [2.24, 2.45) is 0 Å². The molecule has 0 aromatic heterocycles. The highest BCUT2D eigenvalue weighted by Crippen LogP contribution is 2.19. The summed E-state index contributed by atoms with van der Waals surface area (Å²) in [5, 5.41) is 17.3. The maximum atomic E-state index is 11.8. The summed E-state index contributed by atoms with van der Waals surface area (Å²) in [6.45, 7) is 0.0723. The number of carbonyl (C=O) groups is 2. The Morgan fingerprint density at radius 3 is 2.71 bits per heavy atom. The van der Waals surface area contributed by atoms with Crippen LogP contribution < -0.4 is 0 Å². The molecule has 6 nitrogen and oxygen atoms in total. The molecule has 1 fully saturated rings. The summed E-state index contributed by atoms with van der Waals surface area (Å²) in [6, 6.07) is 0.0645. The van der Waals surface area contributed by atoms with Crippen molar-refractivity contribution in [1.82, 2.24) is 4.90 Å². The van der Waals surface area contributed by atoms with E-state index in [1.54, 1.807) is 4.90 Å². The van der Waals surface area contributed by atoms with Crippen LogP contribution in [0, 0.1) is 0 Å². The maximum Gasteiger partial charge on any atom is 0.329 e. The Hall–Kier alpha value is -1.14. The number of nitrogens with zero attached hydrogens (tertiary/aromatic N) is 1. The van der Waals surface area contributed by atoms with Gasteiger partial charge in [0.1, 0.15) is 13.2 Å². The topological polar surface area (TPSA) is 87.1 Å². The predicted molar refractivity (Wildman–Crippen MR) is 59.5 cm³/mol. The molecule has 0 saturated carbocycles. The molecular formula is C11H19NO5. The van der Waals surface area contributed by atoms with Gasteiger partial charge in [0.25, 0.3) is 0 Å². The molecule has 0 spiro atoms. The van der Waals surface area contributed by atoms with Crippen LogP contribution in [0.1, 0.15) is 25.7 Å². The molecule has 0 aliphatic carbocycles. The minimum atomic E-state index is -1.08. The Morgan fingerprint density at radius 2 is 2.06 bits per heavy atom. The van der Waals surface area contributed by atoms with Crippen LogP contribution in [-0.2, 0) is 14.3 Å². The quantitative estimate of drug-likeness (QED) is 0.679. The van der Waals surface area contributed by atoms with Crippen molar-refractivity contribution < 1.29 is 24.5 Å². The van der Waals surface area contributed by atoms with Gasteiger partial charge >= 0.3 is 5.97 Å². The van der Waals surface area contributed by atoms with Crippen molar-refractivity contribution in [2.45, 2.75) is 31.7 Å². The molecule has 1 atom stereocenters. The molecule has 17 heavy (non-hydrogen) atoms. The Bertz CT molecular complexity index is 267. The molecule has 1 heterocycles. The van der Waals surface area contributed by atoms with Crippen LogP contribution in [0.25, 0.3) is 0 Å². The standard InChI is InChI=1S/C11H19NO5/c13-6-4-9-3-1-2-5-12(9)10(14)7-17-8-11(15)16/h9,13H,1-8H2,(H,15,16). The molecule has 6 heteroatoms. The first kappa shape index (κ1) is 13.9. The fraction of sp³-hybridized carbons (Fsp3) is 0.818. The number of amides is 1. The first-order valence-corrected chi connectivity index (χ1v) is 5.85. The number of rotatable bonds is 6. The summed E-state index contributed by atoms with van der Waals surface area (Å²) in [4.78, 5) is 23.7. The van der Waals surface area contributed by atoms with E-state index in [-0.39, 0.29) is 25.2 Å². The van der Waals surface area contributed by atoms with E-state index < -0.39 is 12.6 Å². The maximum absolute atomic E-state index is 11.8. The van der Waals surface area contributed by atoms with Gasteiger partial charge in [0.15, 0.2) is 0 Å². The van der Waals surface area contributed by atoms with Crippen LogP contribution in [-0.4, -0.2) is 59.4 Å². The summed E-state index contributed by atoms with van der Waals surface area (Å²) in [6.07, 6.45) is 3.48. The average molecular weight is 245 g/mol. The highest BCUT2D eigenvalue weighted by molar-refractivity contribution is 5.78. The van der Waals surface area contributed by atoms with Crippen molar-refractivity contribution in [2.75, 3.05) is 26.4 Å². The molecule has 2 N–H and O–H groups in total. The number of hydrogen-bond donors (Lipinski definition) is 2. The lowest BCUT2D eigenvalue weighted by Crippen LogP contribution is -2.45. The number of aliphatic hydroxyl groups excluding tert-OH is 1. The number of carboxylic acid groups (broad SMARTS) is 1. The van der Waals surface area contributed by atoms with Gasteiger partial charge in [0.05, 0.1) is 0 Å². The van der Waals surface area contributed by atoms with E-state index in [1.807, 2.05) is 0 Å². The molecule has 0 aromatic carbocycles. The average Bonchev–Trinajstić information content (AvgIpc) is 2.29. The number of hydrogen-bond acceptors (Lipinski definition) is 4. The molecular weight excluding hydrogens is 226 g/mol. The van der Waals surface area contributed by atoms with Gasteiger partial charge in [-0.05, 0) is 25.7 Å². The van der Waals surface area contributed by atoms with Gasteiger partial charge in [-0.25, -0.2) is 4.79 Å². The smallest absolute Gasteiger partial charge is 0.329 e. The van der Waals surface area contributed by atoms with Crippen LogP contribution in [0.4, 0.5) is 0 Å². The number of aliphatic carboxylic acids is 1. The van der Waals surface area contributed by atoms with Crippen LogP contribution in [0.2, 0.25) is 0 Å². The minimum absolute atomic E-state index is 0.0600. The fourth-order valence-electron chi connectivity index (χ4n) is 2.09. The summed E-state index contributed by atoms with van der Waals surface area (Å²) in [5.74, 6) is -1.27. The molecule has 1 unspecified atom stereocenters. The molecule has 1 amide bonds. The third-order valence-corrected chi connectivity index (χ3v) is 2.86. The van der Waals surface area contributed by atoms with Crippen LogP contribution >= 0.6 is 0 Å². The highest BCUT2D eigenvalue weighted by Gasteiger charge is 2.26. The van der Waals surface area contributed by atoms with Crippen LogP contribution in [0.15, 0.2) is 0 Å². The van der Waals surface area contributed by atoms with Gasteiger partial charge < -0.3 is 19.8 Å². The van der Waals surface area contributed by atoms with Gasteiger partial charge in [0.2, 0.25) is 5.91 Å². The summed E-state index contributed by atoms with van der Waals surface area (Å²) < 4.78 is 4.78. The third-order valence-electron chi connectivity index (χ3n) is 2.86. The van der Waals surface area contributed by atoms with Crippen LogP contribution in [0.3, 0.4) is 0 Å². The molecule has 1 rings (SSSR count). The number of aliphatic hydroxyl groups is 1. The van der Waals surface area contributed by atoms with Gasteiger partial charge in [-0.15, -0.1) is 0 Å². The second kappa shape index (κ2) is 7.24. The molecule has 1 saturated heterocycles. The minimum Gasteiger partial charge on any atom is -0.480 e. The lowest BCUT2D eigenvalue weighted by molar-refractivity contribution is -0.147. The Morgan fingerprint density at radius 1 is 1.29 bits per heavy atom. The summed E-state index contributed by atoms with van der Waals surface area (Å²) in [7, 11) is 0. The zero-order chi connectivity index (χ0) is 12.7. The largest absolute Gasteiger partial charge is 0.480 e. The van der Waals surface area contributed by atoms with E-state index in [9.17, 15) is 9.59 Å². The lowest BCUT2D eigenvalue weighted by atomic mass is 9.99. The van der Waals surface area contributed by atoms with E-state index in [1.165, 1.54) is 0 Å². The van der Waals surface area contributed by atoms with E-state index in [2.05, 4.69) is 0 Å². The van der Waals surface area contributed by atoms with Gasteiger partial charge in [-0.1, -0.05) is 0 Å². The number of ether oxygens (including phenoxy) is 1. The number of carboxylic acids is 1. The highest BCUT2D eigenvalue weighted by atomic mass is 16.5. The Labute approximate surface area is 100 Å². The van der Waals surface area contributed by atoms with Crippen molar-refractivity contribution in [1.29, 1.82) is 0 Å². The second-order valence-corrected chi connectivity index (χ2v) is 4.14. The van der Waals surface area contributed by atoms with Crippen molar-refractivity contribution in [3.8, 4) is 0 Å². The number of carbonyl (C=O) groups excluding carboxylic acids is 1. The first-order valence-electron chi connectivity index (χ1n) is 5.85. The lowest BCUT2D eigenvalue weighted by Gasteiger charge is -2.35. The van der Waals surface area contributed by atoms with E-state index in [4.69, 9.17) is 14.9 Å². The zero-order valence-corrected chi connectivity index (χ0v) is 9.80. The molecule has 1 aliphatic heterocycles. The third kappa shape index (κ3) is 4.70. The van der Waals surface area contributed by atoms with Gasteiger partial charge in [-0.2, -0.15) is 0 Å². The van der Waals surface area contributed by atoms with Crippen molar-refractivity contribution in [3.05, 3.63) is 0 Å². The van der Waals surface area contributed by atoms with E-state index in [0.29, 0.717) is 13.0 Å². The second-order valence-electron chi connectivity index (χ2n) is 4.14. The van der Waals surface area contributed by atoms with Crippen molar-refractivity contribution >= 4 is 11.9 Å². The summed E-state index contributed by atoms with van der Waals surface area (Å²) >= 11 is 0. The molecule has 0 aromatic rings. The monoisotopic (exact) mass is 245 g/mol. The molecule has 0 bridgehead atoms. The molecule has 98 valence electrons. The predicted octanol–water partition coefficient (Wildman–Crippen LogP) is -0.149. The normalized spacial score (nSPS) is 20.3. The first-order chi connectivity index (χ1) is 8.15. The zero-order valence-electron chi connectivity index (χ0n) is 9.80. The fourth-order valence-corrected chi connectivity index (χ4v) is 2.09. The number of piperidine rings is 1. The SMILES string of the molecule is O=C(O)COCC(=O)N1CCCCC1CCO. The summed E-state index contributed by atoms with van der Waals surface area (Å²) in [5.41, 5.74) is 0. The molecule has 0 radical (unpaired) electrons. The Kier molecular flexibility index (Phi) is 5.93. The Balaban J connectivity index is 2.38. The van der Waals surface area contributed by atoms with Gasteiger partial charge in [0, 0.05) is 19.2 Å². The van der Waals surface area contributed by atoms with E-state index >= 15 is 0 Å². The molecule has 1 aliphatic rings.